The van der Waals surface area contributed by atoms with Gasteiger partial charge in [-0.3, -0.25) is 4.79 Å². The lowest BCUT2D eigenvalue weighted by Crippen LogP contribution is -2.26. The zero-order chi connectivity index (χ0) is 16.3. The van der Waals surface area contributed by atoms with Crippen LogP contribution in [-0.2, 0) is 10.0 Å². The first kappa shape index (κ1) is 17.4. The summed E-state index contributed by atoms with van der Waals surface area (Å²) in [5.41, 5.74) is -0.215. The maximum Gasteiger partial charge on any atom is 0.389 e. The molecule has 0 saturated carbocycles. The number of nitrogens with one attached hydrogen (secondary N) is 1. The first-order chi connectivity index (χ1) is 9.50. The Morgan fingerprint density at radius 1 is 1.29 bits per heavy atom. The van der Waals surface area contributed by atoms with Crippen molar-refractivity contribution < 1.29 is 30.8 Å². The molecule has 118 valence electrons. The molecule has 0 radical (unpaired) electrons. The van der Waals surface area contributed by atoms with Crippen LogP contribution in [0.2, 0.25) is 0 Å². The SMILES string of the molecule is NS(=O)(=O)c1cc(C(=O)NCCCC(F)(F)F)ccc1F. The molecule has 0 aromatic heterocycles. The fourth-order valence-electron chi connectivity index (χ4n) is 1.46. The number of rotatable bonds is 5. The van der Waals surface area contributed by atoms with Gasteiger partial charge >= 0.3 is 6.18 Å². The monoisotopic (exact) mass is 328 g/mol. The van der Waals surface area contributed by atoms with Gasteiger partial charge in [-0.05, 0) is 24.6 Å². The first-order valence-electron chi connectivity index (χ1n) is 5.68. The summed E-state index contributed by atoms with van der Waals surface area (Å²) >= 11 is 0. The van der Waals surface area contributed by atoms with Crippen molar-refractivity contribution in [3.63, 3.8) is 0 Å². The Kier molecular flexibility index (Phi) is 5.29. The number of carbonyl (C=O) groups is 1. The summed E-state index contributed by atoms with van der Waals surface area (Å²) in [6, 6.07) is 2.47. The minimum Gasteiger partial charge on any atom is -0.352 e. The highest BCUT2D eigenvalue weighted by atomic mass is 32.2. The van der Waals surface area contributed by atoms with E-state index in [-0.39, 0.29) is 18.5 Å². The van der Waals surface area contributed by atoms with Gasteiger partial charge in [-0.25, -0.2) is 17.9 Å². The van der Waals surface area contributed by atoms with Crippen LogP contribution in [0.1, 0.15) is 23.2 Å². The number of amides is 1. The van der Waals surface area contributed by atoms with E-state index in [9.17, 15) is 30.8 Å². The second kappa shape index (κ2) is 6.39. The van der Waals surface area contributed by atoms with Gasteiger partial charge in [-0.2, -0.15) is 13.2 Å². The molecule has 21 heavy (non-hydrogen) atoms. The van der Waals surface area contributed by atoms with Crippen LogP contribution in [0.15, 0.2) is 23.1 Å². The van der Waals surface area contributed by atoms with E-state index in [0.29, 0.717) is 0 Å². The molecule has 0 heterocycles. The number of sulfonamides is 1. The molecule has 10 heteroatoms. The van der Waals surface area contributed by atoms with Gasteiger partial charge in [0.1, 0.15) is 10.7 Å². The zero-order valence-electron chi connectivity index (χ0n) is 10.6. The largest absolute Gasteiger partial charge is 0.389 e. The predicted molar refractivity (Wildman–Crippen MR) is 65.4 cm³/mol. The third-order valence-corrected chi connectivity index (χ3v) is 3.35. The Labute approximate surface area is 118 Å². The van der Waals surface area contributed by atoms with E-state index in [0.717, 1.165) is 18.2 Å². The van der Waals surface area contributed by atoms with Gasteiger partial charge in [0.2, 0.25) is 10.0 Å². The number of carbonyl (C=O) groups excluding carboxylic acids is 1. The van der Waals surface area contributed by atoms with E-state index in [4.69, 9.17) is 5.14 Å². The molecule has 0 saturated heterocycles. The second-order valence-electron chi connectivity index (χ2n) is 4.16. The van der Waals surface area contributed by atoms with Gasteiger partial charge < -0.3 is 5.32 Å². The minimum atomic E-state index is -4.34. The van der Waals surface area contributed by atoms with Crippen LogP contribution in [-0.4, -0.2) is 27.0 Å². The third-order valence-electron chi connectivity index (χ3n) is 2.42. The third kappa shape index (κ3) is 5.68. The smallest absolute Gasteiger partial charge is 0.352 e. The summed E-state index contributed by atoms with van der Waals surface area (Å²) in [6.07, 6.45) is -5.70. The molecule has 0 atom stereocenters. The van der Waals surface area contributed by atoms with Crippen LogP contribution in [0.3, 0.4) is 0 Å². The Morgan fingerprint density at radius 3 is 2.43 bits per heavy atom. The van der Waals surface area contributed by atoms with Gasteiger partial charge in [0.25, 0.3) is 5.91 Å². The summed E-state index contributed by atoms with van der Waals surface area (Å²) in [7, 11) is -4.34. The van der Waals surface area contributed by atoms with Crippen molar-refractivity contribution in [2.75, 3.05) is 6.54 Å². The number of nitrogens with two attached hydrogens (primary N) is 1. The van der Waals surface area contributed by atoms with E-state index in [1.807, 2.05) is 0 Å². The van der Waals surface area contributed by atoms with Crippen LogP contribution in [0.4, 0.5) is 17.6 Å². The molecule has 1 amide bonds. The van der Waals surface area contributed by atoms with Crippen molar-refractivity contribution in [3.8, 4) is 0 Å². The lowest BCUT2D eigenvalue weighted by molar-refractivity contribution is -0.135. The minimum absolute atomic E-state index is 0.215. The van der Waals surface area contributed by atoms with Crippen molar-refractivity contribution in [3.05, 3.63) is 29.6 Å². The molecule has 1 aromatic rings. The Morgan fingerprint density at radius 2 is 1.90 bits per heavy atom. The van der Waals surface area contributed by atoms with Crippen molar-refractivity contribution in [1.82, 2.24) is 5.32 Å². The Bertz CT molecular complexity index is 629. The molecular weight excluding hydrogens is 316 g/mol. The number of halogens is 4. The van der Waals surface area contributed by atoms with Gasteiger partial charge in [0.05, 0.1) is 0 Å². The van der Waals surface area contributed by atoms with Gasteiger partial charge in [0, 0.05) is 18.5 Å². The van der Waals surface area contributed by atoms with Crippen LogP contribution < -0.4 is 10.5 Å². The van der Waals surface area contributed by atoms with Crippen molar-refractivity contribution in [1.29, 1.82) is 0 Å². The predicted octanol–water partition coefficient (Wildman–Crippen LogP) is 1.55. The lowest BCUT2D eigenvalue weighted by Gasteiger charge is -2.08. The standard InChI is InChI=1S/C11H12F4N2O3S/c12-8-3-2-7(6-9(8)21(16,19)20)10(18)17-5-1-4-11(13,14)15/h2-3,6H,1,4-5H2,(H,17,18)(H2,16,19,20). The maximum absolute atomic E-state index is 13.3. The van der Waals surface area contributed by atoms with Gasteiger partial charge in [0.15, 0.2) is 0 Å². The van der Waals surface area contributed by atoms with Gasteiger partial charge in [-0.1, -0.05) is 0 Å². The van der Waals surface area contributed by atoms with Crippen LogP contribution in [0.5, 0.6) is 0 Å². The molecule has 3 N–H and O–H groups in total. The average molecular weight is 328 g/mol. The molecule has 0 aliphatic heterocycles. The molecule has 1 rings (SSSR count). The molecule has 0 bridgehead atoms. The highest BCUT2D eigenvalue weighted by Gasteiger charge is 2.26. The van der Waals surface area contributed by atoms with E-state index in [1.54, 1.807) is 0 Å². The molecule has 0 fully saturated rings. The van der Waals surface area contributed by atoms with E-state index < -0.39 is 39.2 Å². The fraction of sp³-hybridized carbons (Fsp3) is 0.364. The lowest BCUT2D eigenvalue weighted by atomic mass is 10.2. The quantitative estimate of drug-likeness (QED) is 0.635. The van der Waals surface area contributed by atoms with Crippen LogP contribution in [0, 0.1) is 5.82 Å². The van der Waals surface area contributed by atoms with Crippen molar-refractivity contribution in [2.45, 2.75) is 23.9 Å². The summed E-state index contributed by atoms with van der Waals surface area (Å²) < 4.78 is 71.1. The summed E-state index contributed by atoms with van der Waals surface area (Å²) in [5.74, 6) is -1.94. The fourth-order valence-corrected chi connectivity index (χ4v) is 2.09. The number of primary sulfonamides is 1. The van der Waals surface area contributed by atoms with Crippen molar-refractivity contribution >= 4 is 15.9 Å². The molecule has 0 unspecified atom stereocenters. The Balaban J connectivity index is 2.72. The number of hydrogen-bond donors (Lipinski definition) is 2. The molecule has 5 nitrogen and oxygen atoms in total. The van der Waals surface area contributed by atoms with Gasteiger partial charge in [-0.15, -0.1) is 0 Å². The number of benzene rings is 1. The number of hydrogen-bond acceptors (Lipinski definition) is 3. The highest BCUT2D eigenvalue weighted by molar-refractivity contribution is 7.89. The maximum atomic E-state index is 13.3. The summed E-state index contributed by atoms with van der Waals surface area (Å²) in [6.45, 7) is -0.250. The molecule has 1 aromatic carbocycles. The highest BCUT2D eigenvalue weighted by Crippen LogP contribution is 2.20. The first-order valence-corrected chi connectivity index (χ1v) is 7.22. The van der Waals surface area contributed by atoms with Crippen LogP contribution >= 0.6 is 0 Å². The Hall–Kier alpha value is -1.68. The topological polar surface area (TPSA) is 89.3 Å². The van der Waals surface area contributed by atoms with Crippen molar-refractivity contribution in [2.24, 2.45) is 5.14 Å². The summed E-state index contributed by atoms with van der Waals surface area (Å²) in [4.78, 5) is 10.8. The molecule has 0 aliphatic rings. The second-order valence-corrected chi connectivity index (χ2v) is 5.69. The molecule has 0 aliphatic carbocycles. The average Bonchev–Trinajstić information content (AvgIpc) is 2.32. The molecule has 0 spiro atoms. The van der Waals surface area contributed by atoms with E-state index in [1.165, 1.54) is 0 Å². The van der Waals surface area contributed by atoms with E-state index in [2.05, 4.69) is 5.32 Å². The number of alkyl halides is 3. The van der Waals surface area contributed by atoms with E-state index >= 15 is 0 Å². The summed E-state index contributed by atoms with van der Waals surface area (Å²) in [5, 5.41) is 6.94. The zero-order valence-corrected chi connectivity index (χ0v) is 11.4. The van der Waals surface area contributed by atoms with Crippen LogP contribution in [0.25, 0.3) is 0 Å². The molecular formula is C11H12F4N2O3S. The normalized spacial score (nSPS) is 12.2.